The van der Waals surface area contributed by atoms with Gasteiger partial charge in [-0.1, -0.05) is 13.8 Å². The molecule has 7 nitrogen and oxygen atoms in total. The molecule has 1 aliphatic rings. The van der Waals surface area contributed by atoms with Crippen molar-refractivity contribution < 1.29 is 30.0 Å². The van der Waals surface area contributed by atoms with E-state index in [2.05, 4.69) is 5.32 Å². The molecule has 140 valence electrons. The van der Waals surface area contributed by atoms with Crippen molar-refractivity contribution in [3.8, 4) is 17.2 Å². The number of aromatic hydroxyl groups is 3. The highest BCUT2D eigenvalue weighted by atomic mass is 16.4. The fourth-order valence-corrected chi connectivity index (χ4v) is 2.85. The van der Waals surface area contributed by atoms with E-state index in [1.807, 2.05) is 13.8 Å². The number of benzene rings is 1. The van der Waals surface area contributed by atoms with Crippen molar-refractivity contribution in [3.63, 3.8) is 0 Å². The average Bonchev–Trinajstić information content (AvgIpc) is 2.60. The van der Waals surface area contributed by atoms with Gasteiger partial charge in [-0.05, 0) is 49.8 Å². The number of rotatable bonds is 5. The number of carbonyl (C=O) groups is 2. The Kier molecular flexibility index (Phi) is 8.04. The summed E-state index contributed by atoms with van der Waals surface area (Å²) in [5.74, 6) is -2.67. The van der Waals surface area contributed by atoms with Crippen molar-refractivity contribution >= 4 is 11.9 Å². The molecule has 0 aliphatic heterocycles. The van der Waals surface area contributed by atoms with Crippen LogP contribution in [0.15, 0.2) is 12.1 Å². The zero-order chi connectivity index (χ0) is 19.0. The molecule has 25 heavy (non-hydrogen) atoms. The Morgan fingerprint density at radius 3 is 2.04 bits per heavy atom. The van der Waals surface area contributed by atoms with Crippen molar-refractivity contribution in [2.75, 3.05) is 0 Å². The smallest absolute Gasteiger partial charge is 0.306 e. The summed E-state index contributed by atoms with van der Waals surface area (Å²) < 4.78 is 0. The van der Waals surface area contributed by atoms with Crippen molar-refractivity contribution in [1.29, 1.82) is 0 Å². The lowest BCUT2D eigenvalue weighted by Gasteiger charge is -2.26. The summed E-state index contributed by atoms with van der Waals surface area (Å²) in [4.78, 5) is 22.8. The molecule has 2 rings (SSSR count). The summed E-state index contributed by atoms with van der Waals surface area (Å²) in [6.45, 7) is 4.00. The molecule has 0 spiro atoms. The highest BCUT2D eigenvalue weighted by molar-refractivity contribution is 5.76. The number of hydrogen-bond donors (Lipinski definition) is 5. The van der Waals surface area contributed by atoms with E-state index < -0.39 is 23.2 Å². The van der Waals surface area contributed by atoms with Gasteiger partial charge in [-0.25, -0.2) is 0 Å². The lowest BCUT2D eigenvalue weighted by molar-refractivity contribution is -0.142. The molecule has 0 aromatic heterocycles. The van der Waals surface area contributed by atoms with Gasteiger partial charge < -0.3 is 25.7 Å². The maximum atomic E-state index is 11.9. The number of carboxylic acids is 1. The Bertz CT molecular complexity index is 570. The molecule has 1 aliphatic carbocycles. The van der Waals surface area contributed by atoms with Gasteiger partial charge >= 0.3 is 5.97 Å². The SMILES string of the molecule is CC.O=C(CCc1cc(O)c(O)c(O)c1)NC1CCC(C(=O)O)CC1. The lowest BCUT2D eigenvalue weighted by Crippen LogP contribution is -2.38. The van der Waals surface area contributed by atoms with Crippen LogP contribution in [0.2, 0.25) is 0 Å². The first-order valence-electron chi connectivity index (χ1n) is 8.62. The molecule has 1 saturated carbocycles. The molecule has 0 heterocycles. The first-order valence-corrected chi connectivity index (χ1v) is 8.62. The van der Waals surface area contributed by atoms with Gasteiger partial charge in [0.15, 0.2) is 17.2 Å². The van der Waals surface area contributed by atoms with Crippen LogP contribution in [0, 0.1) is 5.92 Å². The van der Waals surface area contributed by atoms with E-state index in [1.54, 1.807) is 0 Å². The normalized spacial score (nSPS) is 19.4. The van der Waals surface area contributed by atoms with Gasteiger partial charge in [0.1, 0.15) is 0 Å². The number of phenols is 3. The van der Waals surface area contributed by atoms with E-state index in [4.69, 9.17) is 5.11 Å². The molecule has 0 bridgehead atoms. The Balaban J connectivity index is 0.00000151. The molecule has 0 radical (unpaired) electrons. The van der Waals surface area contributed by atoms with Crippen LogP contribution in [0.3, 0.4) is 0 Å². The van der Waals surface area contributed by atoms with Crippen LogP contribution in [0.5, 0.6) is 17.2 Å². The number of aliphatic carboxylic acids is 1. The summed E-state index contributed by atoms with van der Waals surface area (Å²) in [5, 5.41) is 39.9. The Morgan fingerprint density at radius 1 is 1.04 bits per heavy atom. The molecule has 0 saturated heterocycles. The van der Waals surface area contributed by atoms with E-state index >= 15 is 0 Å². The van der Waals surface area contributed by atoms with Crippen LogP contribution < -0.4 is 5.32 Å². The molecule has 5 N–H and O–H groups in total. The predicted molar refractivity (Wildman–Crippen MR) is 92.6 cm³/mol. The lowest BCUT2D eigenvalue weighted by atomic mass is 9.86. The van der Waals surface area contributed by atoms with E-state index in [9.17, 15) is 24.9 Å². The molecule has 1 fully saturated rings. The minimum Gasteiger partial charge on any atom is -0.504 e. The highest BCUT2D eigenvalue weighted by Crippen LogP contribution is 2.35. The van der Waals surface area contributed by atoms with Gasteiger partial charge in [-0.3, -0.25) is 9.59 Å². The molecule has 1 aromatic carbocycles. The first-order chi connectivity index (χ1) is 11.9. The number of phenolic OH excluding ortho intramolecular Hbond substituents is 3. The van der Waals surface area contributed by atoms with Crippen LogP contribution >= 0.6 is 0 Å². The standard InChI is InChI=1S/C16H21NO6.C2H6/c18-12-7-9(8-13(19)15(12)21)1-6-14(20)17-11-4-2-10(3-5-11)16(22)23;1-2/h7-8,10-11,18-19,21H,1-6H2,(H,17,20)(H,22,23);1-2H3. The maximum Gasteiger partial charge on any atom is 0.306 e. The van der Waals surface area contributed by atoms with Gasteiger partial charge in [0.25, 0.3) is 0 Å². The first kappa shape index (κ1) is 20.6. The third kappa shape index (κ3) is 6.17. The maximum absolute atomic E-state index is 11.9. The van der Waals surface area contributed by atoms with Gasteiger partial charge in [-0.15, -0.1) is 0 Å². The van der Waals surface area contributed by atoms with E-state index in [0.29, 0.717) is 37.7 Å². The van der Waals surface area contributed by atoms with Crippen LogP contribution in [0.1, 0.15) is 51.5 Å². The number of hydrogen-bond acceptors (Lipinski definition) is 5. The molecule has 0 unspecified atom stereocenters. The fraction of sp³-hybridized carbons (Fsp3) is 0.556. The Labute approximate surface area is 147 Å². The summed E-state index contributed by atoms with van der Waals surface area (Å²) in [5.41, 5.74) is 0.544. The number of amides is 1. The van der Waals surface area contributed by atoms with E-state index in [0.717, 1.165) is 0 Å². The molecule has 0 atom stereocenters. The molecular formula is C18H27NO6. The van der Waals surface area contributed by atoms with Crippen LogP contribution in [-0.4, -0.2) is 38.3 Å². The zero-order valence-electron chi connectivity index (χ0n) is 14.7. The van der Waals surface area contributed by atoms with Crippen molar-refractivity contribution in [2.24, 2.45) is 5.92 Å². The second-order valence-electron chi connectivity index (χ2n) is 5.94. The summed E-state index contributed by atoms with van der Waals surface area (Å²) in [6, 6.07) is 2.61. The monoisotopic (exact) mass is 353 g/mol. The molecular weight excluding hydrogens is 326 g/mol. The zero-order valence-corrected chi connectivity index (χ0v) is 14.7. The number of aryl methyl sites for hydroxylation is 1. The van der Waals surface area contributed by atoms with Gasteiger partial charge in [-0.2, -0.15) is 0 Å². The van der Waals surface area contributed by atoms with E-state index in [1.165, 1.54) is 12.1 Å². The van der Waals surface area contributed by atoms with Crippen LogP contribution in [-0.2, 0) is 16.0 Å². The largest absolute Gasteiger partial charge is 0.504 e. The van der Waals surface area contributed by atoms with Crippen LogP contribution in [0.4, 0.5) is 0 Å². The summed E-state index contributed by atoms with van der Waals surface area (Å²) in [7, 11) is 0. The second-order valence-corrected chi connectivity index (χ2v) is 5.94. The Hall–Kier alpha value is -2.44. The van der Waals surface area contributed by atoms with Crippen molar-refractivity contribution in [2.45, 2.75) is 58.4 Å². The number of carbonyl (C=O) groups excluding carboxylic acids is 1. The Morgan fingerprint density at radius 2 is 1.56 bits per heavy atom. The third-order valence-electron chi connectivity index (χ3n) is 4.21. The minimum atomic E-state index is -0.776. The highest BCUT2D eigenvalue weighted by Gasteiger charge is 2.26. The van der Waals surface area contributed by atoms with E-state index in [-0.39, 0.29) is 24.3 Å². The topological polar surface area (TPSA) is 127 Å². The molecule has 7 heteroatoms. The minimum absolute atomic E-state index is 0.000256. The quantitative estimate of drug-likeness (QED) is 0.518. The number of carboxylic acid groups (broad SMARTS) is 1. The molecule has 1 aromatic rings. The average molecular weight is 353 g/mol. The van der Waals surface area contributed by atoms with Gasteiger partial charge in [0.05, 0.1) is 5.92 Å². The van der Waals surface area contributed by atoms with Crippen molar-refractivity contribution in [3.05, 3.63) is 17.7 Å². The number of nitrogens with one attached hydrogen (secondary N) is 1. The van der Waals surface area contributed by atoms with Crippen LogP contribution in [0.25, 0.3) is 0 Å². The summed E-state index contributed by atoms with van der Waals surface area (Å²) >= 11 is 0. The van der Waals surface area contributed by atoms with Crippen molar-refractivity contribution in [1.82, 2.24) is 5.32 Å². The van der Waals surface area contributed by atoms with Gasteiger partial charge in [0, 0.05) is 12.5 Å². The second kappa shape index (κ2) is 9.76. The summed E-state index contributed by atoms with van der Waals surface area (Å²) in [6.07, 6.45) is 2.95. The van der Waals surface area contributed by atoms with Gasteiger partial charge in [0.2, 0.25) is 5.91 Å². The third-order valence-corrected chi connectivity index (χ3v) is 4.21. The predicted octanol–water partition coefficient (Wildman–Crippen LogP) is 2.52. The molecule has 1 amide bonds. The fourth-order valence-electron chi connectivity index (χ4n) is 2.85.